The molecule has 0 spiro atoms. The number of piperidine rings is 1. The van der Waals surface area contributed by atoms with Crippen LogP contribution in [0, 0.1) is 0 Å². The van der Waals surface area contributed by atoms with Crippen molar-refractivity contribution in [3.05, 3.63) is 48.0 Å². The van der Waals surface area contributed by atoms with Crippen LogP contribution < -0.4 is 19.7 Å². The second-order valence-corrected chi connectivity index (χ2v) is 8.67. The Morgan fingerprint density at radius 2 is 1.68 bits per heavy atom. The van der Waals surface area contributed by atoms with Gasteiger partial charge in [-0.3, -0.25) is 9.69 Å². The summed E-state index contributed by atoms with van der Waals surface area (Å²) >= 11 is 0. The van der Waals surface area contributed by atoms with Crippen LogP contribution in [0.3, 0.4) is 0 Å². The first-order valence-corrected chi connectivity index (χ1v) is 11.5. The van der Waals surface area contributed by atoms with Crippen LogP contribution in [-0.2, 0) is 4.79 Å². The van der Waals surface area contributed by atoms with Gasteiger partial charge in [0, 0.05) is 30.5 Å². The molecule has 6 heteroatoms. The molecule has 164 valence electrons. The Hall–Kier alpha value is -2.73. The number of nitrogens with one attached hydrogen (secondary N) is 1. The highest BCUT2D eigenvalue weighted by molar-refractivity contribution is 5.92. The van der Waals surface area contributed by atoms with E-state index in [1.54, 1.807) is 0 Å². The van der Waals surface area contributed by atoms with E-state index in [2.05, 4.69) is 39.4 Å². The molecule has 6 nitrogen and oxygen atoms in total. The smallest absolute Gasteiger partial charge is 0.238 e. The SMILES string of the molecule is O=C(CN1CCCC1c1ccc2c(c1)OCCO2)Nc1ccc(N2CCCCC2)cc1. The van der Waals surface area contributed by atoms with E-state index < -0.39 is 0 Å². The fourth-order valence-electron chi connectivity index (χ4n) is 4.95. The number of likely N-dealkylation sites (tertiary alicyclic amines) is 1. The van der Waals surface area contributed by atoms with Crippen molar-refractivity contribution in [3.8, 4) is 11.5 Å². The molecule has 0 radical (unpaired) electrons. The van der Waals surface area contributed by atoms with Crippen molar-refractivity contribution in [3.63, 3.8) is 0 Å². The largest absolute Gasteiger partial charge is 0.486 e. The first-order chi connectivity index (χ1) is 15.3. The quantitative estimate of drug-likeness (QED) is 0.783. The van der Waals surface area contributed by atoms with Gasteiger partial charge in [-0.15, -0.1) is 0 Å². The van der Waals surface area contributed by atoms with Gasteiger partial charge in [-0.2, -0.15) is 0 Å². The summed E-state index contributed by atoms with van der Waals surface area (Å²) in [7, 11) is 0. The molecule has 1 atom stereocenters. The summed E-state index contributed by atoms with van der Waals surface area (Å²) in [4.78, 5) is 17.5. The molecule has 1 N–H and O–H groups in total. The fourth-order valence-corrected chi connectivity index (χ4v) is 4.95. The molecular formula is C25H31N3O3. The highest BCUT2D eigenvalue weighted by Crippen LogP contribution is 2.38. The number of nitrogens with zero attached hydrogens (tertiary/aromatic N) is 2. The monoisotopic (exact) mass is 421 g/mol. The first-order valence-electron chi connectivity index (χ1n) is 11.5. The van der Waals surface area contributed by atoms with Gasteiger partial charge in [-0.25, -0.2) is 0 Å². The Bertz CT molecular complexity index is 909. The third kappa shape index (κ3) is 4.64. The lowest BCUT2D eigenvalue weighted by Gasteiger charge is -2.29. The molecule has 0 saturated carbocycles. The normalized spacial score (nSPS) is 21.2. The third-order valence-corrected chi connectivity index (χ3v) is 6.53. The minimum absolute atomic E-state index is 0.0372. The van der Waals surface area contributed by atoms with Gasteiger partial charge in [0.15, 0.2) is 11.5 Å². The second kappa shape index (κ2) is 9.18. The van der Waals surface area contributed by atoms with Crippen LogP contribution in [0.1, 0.15) is 43.7 Å². The molecule has 3 aliphatic rings. The summed E-state index contributed by atoms with van der Waals surface area (Å²) < 4.78 is 11.4. The topological polar surface area (TPSA) is 54.0 Å². The average molecular weight is 422 g/mol. The van der Waals surface area contributed by atoms with Crippen LogP contribution in [0.15, 0.2) is 42.5 Å². The minimum Gasteiger partial charge on any atom is -0.486 e. The van der Waals surface area contributed by atoms with Gasteiger partial charge in [0.2, 0.25) is 5.91 Å². The van der Waals surface area contributed by atoms with E-state index in [1.165, 1.54) is 30.5 Å². The number of fused-ring (bicyclic) bond motifs is 1. The number of ether oxygens (including phenoxy) is 2. The molecule has 0 bridgehead atoms. The number of hydrogen-bond donors (Lipinski definition) is 1. The number of carbonyl (C=O) groups is 1. The van der Waals surface area contributed by atoms with Crippen molar-refractivity contribution in [2.24, 2.45) is 0 Å². The van der Waals surface area contributed by atoms with E-state index in [0.29, 0.717) is 19.8 Å². The molecule has 1 amide bonds. The number of benzene rings is 2. The summed E-state index contributed by atoms with van der Waals surface area (Å²) in [6.07, 6.45) is 6.00. The zero-order chi connectivity index (χ0) is 21.0. The van der Waals surface area contributed by atoms with Crippen molar-refractivity contribution in [2.45, 2.75) is 38.1 Å². The standard InChI is InChI=1S/C25H31N3O3/c29-25(26-20-7-9-21(10-8-20)27-12-2-1-3-13-27)18-28-14-4-5-22(28)19-6-11-23-24(17-19)31-16-15-30-23/h6-11,17,22H,1-5,12-16,18H2,(H,26,29). The molecule has 3 heterocycles. The minimum atomic E-state index is 0.0372. The lowest BCUT2D eigenvalue weighted by molar-refractivity contribution is -0.117. The zero-order valence-corrected chi connectivity index (χ0v) is 18.0. The summed E-state index contributed by atoms with van der Waals surface area (Å²) in [6, 6.07) is 14.7. The fraction of sp³-hybridized carbons (Fsp3) is 0.480. The number of amides is 1. The lowest BCUT2D eigenvalue weighted by Crippen LogP contribution is -2.33. The van der Waals surface area contributed by atoms with Gasteiger partial charge in [0.1, 0.15) is 13.2 Å². The van der Waals surface area contributed by atoms with Crippen LogP contribution >= 0.6 is 0 Å². The molecule has 3 aliphatic heterocycles. The summed E-state index contributed by atoms with van der Waals surface area (Å²) in [6.45, 7) is 4.77. The maximum absolute atomic E-state index is 12.8. The molecule has 31 heavy (non-hydrogen) atoms. The van der Waals surface area contributed by atoms with Crippen LogP contribution in [0.4, 0.5) is 11.4 Å². The van der Waals surface area contributed by atoms with Crippen molar-refractivity contribution in [2.75, 3.05) is 49.6 Å². The maximum Gasteiger partial charge on any atom is 0.238 e. The molecule has 2 fully saturated rings. The molecule has 1 unspecified atom stereocenters. The van der Waals surface area contributed by atoms with Gasteiger partial charge in [0.25, 0.3) is 0 Å². The number of hydrogen-bond acceptors (Lipinski definition) is 5. The van der Waals surface area contributed by atoms with E-state index in [1.807, 2.05) is 18.2 Å². The Morgan fingerprint density at radius 3 is 2.48 bits per heavy atom. The van der Waals surface area contributed by atoms with Gasteiger partial charge < -0.3 is 19.7 Å². The van der Waals surface area contributed by atoms with Crippen molar-refractivity contribution in [1.29, 1.82) is 0 Å². The average Bonchev–Trinajstić information content (AvgIpc) is 3.27. The Morgan fingerprint density at radius 1 is 0.903 bits per heavy atom. The van der Waals surface area contributed by atoms with Crippen molar-refractivity contribution in [1.82, 2.24) is 4.90 Å². The highest BCUT2D eigenvalue weighted by atomic mass is 16.6. The van der Waals surface area contributed by atoms with Crippen LogP contribution in [0.2, 0.25) is 0 Å². The lowest BCUT2D eigenvalue weighted by atomic mass is 10.0. The Labute approximate surface area is 184 Å². The van der Waals surface area contributed by atoms with E-state index in [-0.39, 0.29) is 11.9 Å². The zero-order valence-electron chi connectivity index (χ0n) is 18.0. The Kier molecular flexibility index (Phi) is 5.98. The number of anilines is 2. The third-order valence-electron chi connectivity index (χ3n) is 6.53. The molecule has 0 aliphatic carbocycles. The summed E-state index contributed by atoms with van der Waals surface area (Å²) in [5.74, 6) is 1.66. The summed E-state index contributed by atoms with van der Waals surface area (Å²) in [5, 5.41) is 3.08. The highest BCUT2D eigenvalue weighted by Gasteiger charge is 2.28. The predicted molar refractivity (Wildman–Crippen MR) is 122 cm³/mol. The Balaban J connectivity index is 1.20. The van der Waals surface area contributed by atoms with Crippen molar-refractivity contribution >= 4 is 17.3 Å². The van der Waals surface area contributed by atoms with Gasteiger partial charge >= 0.3 is 0 Å². The molecule has 2 aromatic carbocycles. The molecular weight excluding hydrogens is 390 g/mol. The van der Waals surface area contributed by atoms with E-state index in [9.17, 15) is 4.79 Å². The van der Waals surface area contributed by atoms with Gasteiger partial charge in [-0.1, -0.05) is 6.07 Å². The van der Waals surface area contributed by atoms with Crippen LogP contribution in [0.5, 0.6) is 11.5 Å². The van der Waals surface area contributed by atoms with Gasteiger partial charge in [-0.05, 0) is 80.6 Å². The van der Waals surface area contributed by atoms with Crippen LogP contribution in [-0.4, -0.2) is 50.2 Å². The number of rotatable bonds is 5. The predicted octanol–water partition coefficient (Wildman–Crippen LogP) is 4.22. The van der Waals surface area contributed by atoms with E-state index in [0.717, 1.165) is 49.7 Å². The van der Waals surface area contributed by atoms with Crippen LogP contribution in [0.25, 0.3) is 0 Å². The molecule has 2 aromatic rings. The molecule has 0 aromatic heterocycles. The summed E-state index contributed by atoms with van der Waals surface area (Å²) in [5.41, 5.74) is 3.30. The maximum atomic E-state index is 12.8. The molecule has 5 rings (SSSR count). The number of carbonyl (C=O) groups excluding carboxylic acids is 1. The van der Waals surface area contributed by atoms with Crippen molar-refractivity contribution < 1.29 is 14.3 Å². The molecule has 2 saturated heterocycles. The first kappa shape index (κ1) is 20.2. The second-order valence-electron chi connectivity index (χ2n) is 8.67. The van der Waals surface area contributed by atoms with E-state index >= 15 is 0 Å². The van der Waals surface area contributed by atoms with Gasteiger partial charge in [0.05, 0.1) is 6.54 Å². The van der Waals surface area contributed by atoms with E-state index in [4.69, 9.17) is 9.47 Å².